The van der Waals surface area contributed by atoms with Crippen LogP contribution in [0.2, 0.25) is 0 Å². The van der Waals surface area contributed by atoms with Gasteiger partial charge in [0, 0.05) is 14.2 Å². The fourth-order valence-corrected chi connectivity index (χ4v) is 1.49. The minimum atomic E-state index is -1.13. The summed E-state index contributed by atoms with van der Waals surface area (Å²) in [5.41, 5.74) is 0.588. The zero-order valence-electron chi connectivity index (χ0n) is 11.1. The lowest BCUT2D eigenvalue weighted by molar-refractivity contribution is -0.155. The molecule has 0 heterocycles. The predicted molar refractivity (Wildman–Crippen MR) is 69.2 cm³/mol. The van der Waals surface area contributed by atoms with Crippen LogP contribution in [0.4, 0.5) is 0 Å². The maximum absolute atomic E-state index is 12.1. The van der Waals surface area contributed by atoms with Crippen LogP contribution in [0, 0.1) is 0 Å². The average molecular weight is 264 g/mol. The highest BCUT2D eigenvalue weighted by molar-refractivity contribution is 6.21. The molecule has 0 aromatic heterocycles. The Morgan fingerprint density at radius 3 is 2.11 bits per heavy atom. The van der Waals surface area contributed by atoms with Gasteiger partial charge in [-0.15, -0.1) is 0 Å². The Morgan fingerprint density at radius 2 is 1.63 bits per heavy atom. The number of carbonyl (C=O) groups excluding carboxylic acids is 2. The van der Waals surface area contributed by atoms with Gasteiger partial charge in [0.2, 0.25) is 12.1 Å². The van der Waals surface area contributed by atoms with Crippen LogP contribution in [-0.2, 0) is 23.8 Å². The van der Waals surface area contributed by atoms with E-state index in [1.165, 1.54) is 27.4 Å². The molecule has 19 heavy (non-hydrogen) atoms. The summed E-state index contributed by atoms with van der Waals surface area (Å²) >= 11 is 0. The molecule has 0 spiro atoms. The van der Waals surface area contributed by atoms with Gasteiger partial charge in [-0.2, -0.15) is 0 Å². The average Bonchev–Trinajstić information content (AvgIpc) is 2.46. The van der Waals surface area contributed by atoms with E-state index in [1.807, 2.05) is 6.07 Å². The topological polar surface area (TPSA) is 61.8 Å². The summed E-state index contributed by atoms with van der Waals surface area (Å²) in [6, 6.07) is 8.98. The lowest BCUT2D eigenvalue weighted by Crippen LogP contribution is -2.29. The fraction of sp³-hybridized carbons (Fsp3) is 0.286. The van der Waals surface area contributed by atoms with Crippen molar-refractivity contribution in [2.45, 2.75) is 6.29 Å². The van der Waals surface area contributed by atoms with Crippen LogP contribution in [-0.4, -0.2) is 39.4 Å². The van der Waals surface area contributed by atoms with Crippen LogP contribution in [0.15, 0.2) is 35.9 Å². The van der Waals surface area contributed by atoms with Gasteiger partial charge in [-0.1, -0.05) is 30.3 Å². The standard InChI is InChI=1S/C14H16O5/c1-17-13(16)11(12(15)14(18-2)19-3)9-10-7-5-4-6-8-10/h4-9,14H,1-3H3/b11-9-. The summed E-state index contributed by atoms with van der Waals surface area (Å²) in [6.45, 7) is 0. The smallest absolute Gasteiger partial charge is 0.341 e. The van der Waals surface area contributed by atoms with Crippen LogP contribution >= 0.6 is 0 Å². The predicted octanol–water partition coefficient (Wildman–Crippen LogP) is 1.43. The summed E-state index contributed by atoms with van der Waals surface area (Å²) in [5, 5.41) is 0. The molecule has 0 fully saturated rings. The van der Waals surface area contributed by atoms with Gasteiger partial charge in [0.1, 0.15) is 5.57 Å². The first kappa shape index (κ1) is 15.1. The summed E-state index contributed by atoms with van der Waals surface area (Å²) in [5.74, 6) is -1.31. The second kappa shape index (κ2) is 7.45. The van der Waals surface area contributed by atoms with E-state index in [9.17, 15) is 9.59 Å². The zero-order chi connectivity index (χ0) is 14.3. The quantitative estimate of drug-likeness (QED) is 0.256. The molecule has 0 atom stereocenters. The van der Waals surface area contributed by atoms with Gasteiger partial charge in [-0.3, -0.25) is 4.79 Å². The Hall–Kier alpha value is -1.98. The van der Waals surface area contributed by atoms with E-state index in [1.54, 1.807) is 24.3 Å². The van der Waals surface area contributed by atoms with Crippen LogP contribution in [0.3, 0.4) is 0 Å². The number of hydrogen-bond donors (Lipinski definition) is 0. The van der Waals surface area contributed by atoms with Crippen molar-refractivity contribution in [1.82, 2.24) is 0 Å². The van der Waals surface area contributed by atoms with Crippen molar-refractivity contribution < 1.29 is 23.8 Å². The molecule has 5 heteroatoms. The molecule has 0 amide bonds. The molecule has 1 aromatic rings. The van der Waals surface area contributed by atoms with E-state index in [0.29, 0.717) is 5.56 Å². The largest absolute Gasteiger partial charge is 0.465 e. The van der Waals surface area contributed by atoms with E-state index < -0.39 is 18.0 Å². The molecule has 102 valence electrons. The van der Waals surface area contributed by atoms with Gasteiger partial charge in [0.25, 0.3) is 0 Å². The van der Waals surface area contributed by atoms with Gasteiger partial charge in [0.05, 0.1) is 7.11 Å². The van der Waals surface area contributed by atoms with Crippen LogP contribution < -0.4 is 0 Å². The van der Waals surface area contributed by atoms with Crippen molar-refractivity contribution in [3.63, 3.8) is 0 Å². The van der Waals surface area contributed by atoms with Crippen molar-refractivity contribution in [1.29, 1.82) is 0 Å². The Balaban J connectivity index is 3.12. The van der Waals surface area contributed by atoms with Crippen LogP contribution in [0.1, 0.15) is 5.56 Å². The molecular formula is C14H16O5. The van der Waals surface area contributed by atoms with E-state index in [0.717, 1.165) is 0 Å². The highest BCUT2D eigenvalue weighted by atomic mass is 16.7. The molecule has 1 aromatic carbocycles. The SMILES string of the molecule is COC(=O)/C(=C\c1ccccc1)C(=O)C(OC)OC. The number of ether oxygens (including phenoxy) is 3. The lowest BCUT2D eigenvalue weighted by atomic mass is 10.1. The van der Waals surface area contributed by atoms with Gasteiger partial charge in [-0.05, 0) is 11.6 Å². The number of ketones is 1. The Bertz CT molecular complexity index is 460. The fourth-order valence-electron chi connectivity index (χ4n) is 1.49. The molecule has 5 nitrogen and oxygen atoms in total. The van der Waals surface area contributed by atoms with E-state index in [2.05, 4.69) is 4.74 Å². The first-order chi connectivity index (χ1) is 9.13. The number of methoxy groups -OCH3 is 3. The van der Waals surface area contributed by atoms with Gasteiger partial charge in [-0.25, -0.2) is 4.79 Å². The maximum atomic E-state index is 12.1. The third kappa shape index (κ3) is 4.01. The first-order valence-electron chi connectivity index (χ1n) is 5.59. The minimum absolute atomic E-state index is 0.123. The number of carbonyl (C=O) groups is 2. The number of rotatable bonds is 6. The monoisotopic (exact) mass is 264 g/mol. The molecule has 0 saturated heterocycles. The number of benzene rings is 1. The Morgan fingerprint density at radius 1 is 1.05 bits per heavy atom. The second-order valence-electron chi connectivity index (χ2n) is 3.63. The Labute approximate surface area is 111 Å². The van der Waals surface area contributed by atoms with Gasteiger partial charge >= 0.3 is 5.97 Å². The summed E-state index contributed by atoms with van der Waals surface area (Å²) in [6.07, 6.45) is 0.313. The second-order valence-corrected chi connectivity index (χ2v) is 3.63. The lowest BCUT2D eigenvalue weighted by Gasteiger charge is -2.13. The van der Waals surface area contributed by atoms with Crippen molar-refractivity contribution in [2.24, 2.45) is 0 Å². The normalized spacial score (nSPS) is 11.5. The molecule has 0 bridgehead atoms. The van der Waals surface area contributed by atoms with Crippen molar-refractivity contribution in [3.8, 4) is 0 Å². The summed E-state index contributed by atoms with van der Waals surface area (Å²) in [4.78, 5) is 23.8. The molecule has 0 saturated carbocycles. The van der Waals surface area contributed by atoms with Crippen LogP contribution in [0.5, 0.6) is 0 Å². The summed E-state index contributed by atoms with van der Waals surface area (Å²) < 4.78 is 14.3. The van der Waals surface area contributed by atoms with Crippen molar-refractivity contribution in [3.05, 3.63) is 41.5 Å². The number of Topliss-reactive ketones (excluding diaryl/α,β-unsaturated/α-hetero) is 1. The van der Waals surface area contributed by atoms with E-state index in [4.69, 9.17) is 9.47 Å². The molecule has 0 N–H and O–H groups in total. The molecule has 0 unspecified atom stereocenters. The number of hydrogen-bond acceptors (Lipinski definition) is 5. The first-order valence-corrected chi connectivity index (χ1v) is 5.59. The molecule has 1 rings (SSSR count). The molecular weight excluding hydrogens is 248 g/mol. The van der Waals surface area contributed by atoms with Crippen LogP contribution in [0.25, 0.3) is 6.08 Å². The summed E-state index contributed by atoms with van der Waals surface area (Å²) in [7, 11) is 3.86. The maximum Gasteiger partial charge on any atom is 0.341 e. The van der Waals surface area contributed by atoms with Crippen molar-refractivity contribution >= 4 is 17.8 Å². The minimum Gasteiger partial charge on any atom is -0.465 e. The highest BCUT2D eigenvalue weighted by Crippen LogP contribution is 2.12. The van der Waals surface area contributed by atoms with Gasteiger partial charge in [0.15, 0.2) is 0 Å². The third-order valence-corrected chi connectivity index (χ3v) is 2.42. The van der Waals surface area contributed by atoms with E-state index >= 15 is 0 Å². The molecule has 0 aliphatic heterocycles. The van der Waals surface area contributed by atoms with Gasteiger partial charge < -0.3 is 14.2 Å². The zero-order valence-corrected chi connectivity index (χ0v) is 11.1. The highest BCUT2D eigenvalue weighted by Gasteiger charge is 2.27. The third-order valence-electron chi connectivity index (χ3n) is 2.42. The Kier molecular flexibility index (Phi) is 5.92. The van der Waals surface area contributed by atoms with Crippen molar-refractivity contribution in [2.75, 3.05) is 21.3 Å². The molecule has 0 radical (unpaired) electrons. The molecule has 0 aliphatic rings. The van der Waals surface area contributed by atoms with E-state index in [-0.39, 0.29) is 5.57 Å². The molecule has 0 aliphatic carbocycles. The number of esters is 1.